The first-order valence-corrected chi connectivity index (χ1v) is 6.75. The van der Waals surface area contributed by atoms with Gasteiger partial charge in [-0.1, -0.05) is 6.92 Å². The van der Waals surface area contributed by atoms with Gasteiger partial charge in [-0.3, -0.25) is 4.79 Å². The summed E-state index contributed by atoms with van der Waals surface area (Å²) in [6.07, 6.45) is 3.08. The van der Waals surface area contributed by atoms with Crippen LogP contribution in [0.1, 0.15) is 33.1 Å². The summed E-state index contributed by atoms with van der Waals surface area (Å²) >= 11 is 0. The predicted molar refractivity (Wildman–Crippen MR) is 66.5 cm³/mol. The van der Waals surface area contributed by atoms with Crippen LogP contribution >= 0.6 is 0 Å². The highest BCUT2D eigenvalue weighted by atomic mass is 16.5. The monoisotopic (exact) mass is 240 g/mol. The van der Waals surface area contributed by atoms with Crippen molar-refractivity contribution in [2.75, 3.05) is 19.7 Å². The van der Waals surface area contributed by atoms with E-state index in [1.54, 1.807) is 0 Å². The number of carbonyl (C=O) groups excluding carboxylic acids is 1. The maximum atomic E-state index is 12.5. The number of hydrogen-bond acceptors (Lipinski definition) is 3. The van der Waals surface area contributed by atoms with E-state index in [1.165, 1.54) is 0 Å². The first-order valence-electron chi connectivity index (χ1n) is 6.75. The number of ether oxygens (including phenoxy) is 1. The van der Waals surface area contributed by atoms with Gasteiger partial charge in [-0.2, -0.15) is 0 Å². The topological polar surface area (TPSA) is 55.6 Å². The molecule has 2 aliphatic rings. The number of nitrogens with two attached hydrogens (primary N) is 1. The molecule has 98 valence electrons. The summed E-state index contributed by atoms with van der Waals surface area (Å²) in [7, 11) is 0. The van der Waals surface area contributed by atoms with Crippen molar-refractivity contribution in [2.24, 2.45) is 17.6 Å². The fourth-order valence-corrected chi connectivity index (χ4v) is 3.03. The summed E-state index contributed by atoms with van der Waals surface area (Å²) in [6, 6.07) is 0.235. The van der Waals surface area contributed by atoms with E-state index in [4.69, 9.17) is 10.5 Å². The van der Waals surface area contributed by atoms with Crippen LogP contribution in [0.5, 0.6) is 0 Å². The molecule has 2 heterocycles. The SMILES string of the molecule is CC1CCN(C(=O)C2CCOC2C)C(CN)C1. The molecule has 2 saturated heterocycles. The van der Waals surface area contributed by atoms with Gasteiger partial charge in [0.15, 0.2) is 0 Å². The molecule has 2 aliphatic heterocycles. The molecule has 2 rings (SSSR count). The fourth-order valence-electron chi connectivity index (χ4n) is 3.03. The molecule has 0 saturated carbocycles. The third kappa shape index (κ3) is 2.63. The van der Waals surface area contributed by atoms with E-state index < -0.39 is 0 Å². The Kier molecular flexibility index (Phi) is 4.05. The average molecular weight is 240 g/mol. The van der Waals surface area contributed by atoms with Crippen LogP contribution in [0.2, 0.25) is 0 Å². The Hall–Kier alpha value is -0.610. The molecular formula is C13H24N2O2. The van der Waals surface area contributed by atoms with Crippen LogP contribution in [0, 0.1) is 11.8 Å². The summed E-state index contributed by atoms with van der Waals surface area (Å²) in [5.41, 5.74) is 5.80. The Labute approximate surface area is 103 Å². The van der Waals surface area contributed by atoms with Gasteiger partial charge in [-0.05, 0) is 32.1 Å². The lowest BCUT2D eigenvalue weighted by Gasteiger charge is -2.39. The summed E-state index contributed by atoms with van der Waals surface area (Å²) < 4.78 is 5.49. The van der Waals surface area contributed by atoms with Crippen LogP contribution in [0.3, 0.4) is 0 Å². The Morgan fingerprint density at radius 3 is 2.76 bits per heavy atom. The molecule has 2 N–H and O–H groups in total. The predicted octanol–water partition coefficient (Wildman–Crippen LogP) is 0.997. The van der Waals surface area contributed by atoms with Gasteiger partial charge in [0.1, 0.15) is 0 Å². The minimum atomic E-state index is 0.0532. The zero-order chi connectivity index (χ0) is 12.4. The normalized spacial score (nSPS) is 38.4. The van der Waals surface area contributed by atoms with Gasteiger partial charge in [0.2, 0.25) is 5.91 Å². The van der Waals surface area contributed by atoms with Gasteiger partial charge in [-0.15, -0.1) is 0 Å². The average Bonchev–Trinajstić information content (AvgIpc) is 2.74. The number of amides is 1. The lowest BCUT2D eigenvalue weighted by atomic mass is 9.90. The number of piperidine rings is 1. The van der Waals surface area contributed by atoms with Gasteiger partial charge >= 0.3 is 0 Å². The smallest absolute Gasteiger partial charge is 0.228 e. The first kappa shape index (κ1) is 12.8. The summed E-state index contributed by atoms with van der Waals surface area (Å²) in [5, 5.41) is 0. The Morgan fingerprint density at radius 1 is 1.41 bits per heavy atom. The van der Waals surface area contributed by atoms with E-state index in [1.807, 2.05) is 11.8 Å². The molecule has 4 nitrogen and oxygen atoms in total. The molecule has 0 aromatic rings. The fraction of sp³-hybridized carbons (Fsp3) is 0.923. The second kappa shape index (κ2) is 5.36. The molecule has 0 aromatic carbocycles. The van der Waals surface area contributed by atoms with Gasteiger partial charge in [0.25, 0.3) is 0 Å². The molecule has 4 heteroatoms. The second-order valence-corrected chi connectivity index (χ2v) is 5.52. The zero-order valence-corrected chi connectivity index (χ0v) is 10.9. The Morgan fingerprint density at radius 2 is 2.18 bits per heavy atom. The maximum Gasteiger partial charge on any atom is 0.228 e. The molecular weight excluding hydrogens is 216 g/mol. The van der Waals surface area contributed by atoms with E-state index in [9.17, 15) is 4.79 Å². The first-order chi connectivity index (χ1) is 8.13. The quantitative estimate of drug-likeness (QED) is 0.783. The van der Waals surface area contributed by atoms with E-state index in [-0.39, 0.29) is 24.0 Å². The number of rotatable bonds is 2. The zero-order valence-electron chi connectivity index (χ0n) is 10.9. The minimum absolute atomic E-state index is 0.0532. The maximum absolute atomic E-state index is 12.5. The van der Waals surface area contributed by atoms with Crippen molar-refractivity contribution in [3.63, 3.8) is 0 Å². The number of nitrogens with zero attached hydrogens (tertiary/aromatic N) is 1. The lowest BCUT2D eigenvalue weighted by molar-refractivity contribution is -0.141. The standard InChI is InChI=1S/C13H24N2O2/c1-9-3-5-15(11(7-9)8-14)13(16)12-4-6-17-10(12)2/h9-12H,3-8,14H2,1-2H3. The minimum Gasteiger partial charge on any atom is -0.378 e. The van der Waals surface area contributed by atoms with Gasteiger partial charge in [0.05, 0.1) is 12.0 Å². The summed E-state index contributed by atoms with van der Waals surface area (Å²) in [4.78, 5) is 14.5. The van der Waals surface area contributed by atoms with E-state index >= 15 is 0 Å². The molecule has 0 aromatic heterocycles. The molecule has 2 fully saturated rings. The molecule has 17 heavy (non-hydrogen) atoms. The van der Waals surface area contributed by atoms with Crippen molar-refractivity contribution in [1.29, 1.82) is 0 Å². The van der Waals surface area contributed by atoms with Gasteiger partial charge < -0.3 is 15.4 Å². The lowest BCUT2D eigenvalue weighted by Crippen LogP contribution is -2.52. The van der Waals surface area contributed by atoms with Crippen LogP contribution in [0.15, 0.2) is 0 Å². The van der Waals surface area contributed by atoms with Gasteiger partial charge in [-0.25, -0.2) is 0 Å². The second-order valence-electron chi connectivity index (χ2n) is 5.52. The van der Waals surface area contributed by atoms with Crippen molar-refractivity contribution in [3.05, 3.63) is 0 Å². The largest absolute Gasteiger partial charge is 0.378 e. The molecule has 0 spiro atoms. The van der Waals surface area contributed by atoms with E-state index in [0.717, 1.165) is 32.4 Å². The number of likely N-dealkylation sites (tertiary alicyclic amines) is 1. The van der Waals surface area contributed by atoms with Crippen molar-refractivity contribution in [3.8, 4) is 0 Å². The van der Waals surface area contributed by atoms with Crippen molar-refractivity contribution >= 4 is 5.91 Å². The summed E-state index contributed by atoms with van der Waals surface area (Å²) in [5.74, 6) is 1.000. The highest BCUT2D eigenvalue weighted by Gasteiger charge is 2.37. The Balaban J connectivity index is 2.02. The molecule has 4 atom stereocenters. The van der Waals surface area contributed by atoms with Crippen molar-refractivity contribution in [2.45, 2.75) is 45.3 Å². The third-order valence-electron chi connectivity index (χ3n) is 4.23. The molecule has 1 amide bonds. The van der Waals surface area contributed by atoms with Crippen molar-refractivity contribution in [1.82, 2.24) is 4.90 Å². The summed E-state index contributed by atoms with van der Waals surface area (Å²) in [6.45, 7) is 6.41. The molecule has 4 unspecified atom stereocenters. The van der Waals surface area contributed by atoms with Crippen LogP contribution < -0.4 is 5.73 Å². The molecule has 0 aliphatic carbocycles. The number of carbonyl (C=O) groups is 1. The van der Waals surface area contributed by atoms with Crippen LogP contribution in [0.4, 0.5) is 0 Å². The number of hydrogen-bond donors (Lipinski definition) is 1. The molecule has 0 radical (unpaired) electrons. The van der Waals surface area contributed by atoms with E-state index in [0.29, 0.717) is 12.5 Å². The molecule has 0 bridgehead atoms. The highest BCUT2D eigenvalue weighted by molar-refractivity contribution is 5.80. The third-order valence-corrected chi connectivity index (χ3v) is 4.23. The van der Waals surface area contributed by atoms with Crippen LogP contribution in [0.25, 0.3) is 0 Å². The highest BCUT2D eigenvalue weighted by Crippen LogP contribution is 2.28. The Bertz CT molecular complexity index is 283. The van der Waals surface area contributed by atoms with Crippen LogP contribution in [-0.4, -0.2) is 42.6 Å². The van der Waals surface area contributed by atoms with Crippen molar-refractivity contribution < 1.29 is 9.53 Å². The van der Waals surface area contributed by atoms with Crippen LogP contribution in [-0.2, 0) is 9.53 Å². The van der Waals surface area contributed by atoms with E-state index in [2.05, 4.69) is 6.92 Å². The van der Waals surface area contributed by atoms with Gasteiger partial charge in [0, 0.05) is 25.7 Å².